The van der Waals surface area contributed by atoms with Crippen LogP contribution < -0.4 is 0 Å². The SMILES string of the molecule is CN(CCCc1cnc2occc2c1)CCC1(O)CC2CCC1C=C2c1ccccc1. The summed E-state index contributed by atoms with van der Waals surface area (Å²) in [7, 11) is 2.17. The fourth-order valence-electron chi connectivity index (χ4n) is 5.53. The van der Waals surface area contributed by atoms with Gasteiger partial charge in [-0.25, -0.2) is 4.98 Å². The van der Waals surface area contributed by atoms with Crippen molar-refractivity contribution in [2.45, 2.75) is 44.1 Å². The Labute approximate surface area is 184 Å². The highest BCUT2D eigenvalue weighted by atomic mass is 16.3. The minimum atomic E-state index is -0.550. The van der Waals surface area contributed by atoms with Crippen molar-refractivity contribution in [3.05, 3.63) is 72.1 Å². The largest absolute Gasteiger partial charge is 0.446 e. The Kier molecular flexibility index (Phi) is 5.68. The number of hydrogen-bond acceptors (Lipinski definition) is 4. The maximum Gasteiger partial charge on any atom is 0.225 e. The van der Waals surface area contributed by atoms with Gasteiger partial charge in [-0.15, -0.1) is 0 Å². The molecule has 3 atom stereocenters. The molecule has 2 bridgehead atoms. The maximum absolute atomic E-state index is 11.5. The van der Waals surface area contributed by atoms with Crippen molar-refractivity contribution in [1.82, 2.24) is 9.88 Å². The number of fused-ring (bicyclic) bond motifs is 3. The lowest BCUT2D eigenvalue weighted by Gasteiger charge is -2.48. The van der Waals surface area contributed by atoms with Gasteiger partial charge in [0, 0.05) is 24.0 Å². The first-order valence-electron chi connectivity index (χ1n) is 11.6. The number of furan rings is 1. The van der Waals surface area contributed by atoms with Crippen LogP contribution in [0.3, 0.4) is 0 Å². The molecule has 3 aliphatic carbocycles. The van der Waals surface area contributed by atoms with Crippen LogP contribution >= 0.6 is 0 Å². The Morgan fingerprint density at radius 1 is 1.16 bits per heavy atom. The van der Waals surface area contributed by atoms with Gasteiger partial charge < -0.3 is 14.4 Å². The Morgan fingerprint density at radius 2 is 2.03 bits per heavy atom. The van der Waals surface area contributed by atoms with Crippen LogP contribution in [0, 0.1) is 11.8 Å². The highest BCUT2D eigenvalue weighted by molar-refractivity contribution is 5.73. The second-order valence-corrected chi connectivity index (χ2v) is 9.49. The third kappa shape index (κ3) is 4.32. The topological polar surface area (TPSA) is 49.5 Å². The Hall–Kier alpha value is -2.43. The number of aromatic nitrogens is 1. The van der Waals surface area contributed by atoms with Gasteiger partial charge in [0.2, 0.25) is 5.71 Å². The standard InChI is InChI=1S/C27H32N2O2/c1-29(13-5-6-20-16-22-11-15-31-26(22)28-19-20)14-12-27(30)18-23-9-10-24(27)17-25(23)21-7-3-2-4-8-21/h2-4,7-8,11,15-17,19,23-24,30H,5-6,9-10,12-14,18H2,1H3. The van der Waals surface area contributed by atoms with E-state index >= 15 is 0 Å². The van der Waals surface area contributed by atoms with Gasteiger partial charge in [-0.1, -0.05) is 36.4 Å². The zero-order valence-corrected chi connectivity index (χ0v) is 18.3. The summed E-state index contributed by atoms with van der Waals surface area (Å²) >= 11 is 0. The van der Waals surface area contributed by atoms with Crippen LogP contribution in [0.4, 0.5) is 0 Å². The molecular weight excluding hydrogens is 384 g/mol. The zero-order chi connectivity index (χ0) is 21.3. The molecule has 0 spiro atoms. The third-order valence-electron chi connectivity index (χ3n) is 7.34. The zero-order valence-electron chi connectivity index (χ0n) is 18.3. The molecule has 2 heterocycles. The number of rotatable bonds is 8. The molecular formula is C27H32N2O2. The number of pyridine rings is 1. The Bertz CT molecular complexity index is 1060. The average Bonchev–Trinajstić information content (AvgIpc) is 3.27. The summed E-state index contributed by atoms with van der Waals surface area (Å²) in [5.41, 5.74) is 4.20. The molecule has 1 aromatic carbocycles. The van der Waals surface area contributed by atoms with Crippen LogP contribution in [-0.4, -0.2) is 40.7 Å². The van der Waals surface area contributed by atoms with Crippen LogP contribution in [0.5, 0.6) is 0 Å². The quantitative estimate of drug-likeness (QED) is 0.539. The predicted molar refractivity (Wildman–Crippen MR) is 125 cm³/mol. The Balaban J connectivity index is 1.13. The first-order chi connectivity index (χ1) is 15.1. The average molecular weight is 417 g/mol. The molecule has 0 aliphatic heterocycles. The lowest BCUT2D eigenvalue weighted by atomic mass is 9.61. The number of allylic oxidation sites excluding steroid dienone is 1. The molecule has 31 heavy (non-hydrogen) atoms. The highest BCUT2D eigenvalue weighted by Crippen LogP contribution is 2.51. The van der Waals surface area contributed by atoms with Crippen molar-refractivity contribution in [3.8, 4) is 0 Å². The van der Waals surface area contributed by atoms with Crippen molar-refractivity contribution in [2.75, 3.05) is 20.1 Å². The summed E-state index contributed by atoms with van der Waals surface area (Å²) in [6, 6.07) is 14.9. The second kappa shape index (κ2) is 8.60. The van der Waals surface area contributed by atoms with E-state index in [2.05, 4.69) is 59.4 Å². The lowest BCUT2D eigenvalue weighted by molar-refractivity contribution is -0.0574. The first-order valence-corrected chi connectivity index (χ1v) is 11.6. The predicted octanol–water partition coefficient (Wildman–Crippen LogP) is 5.33. The van der Waals surface area contributed by atoms with Gasteiger partial charge in [-0.3, -0.25) is 0 Å². The molecule has 4 heteroatoms. The van der Waals surface area contributed by atoms with Gasteiger partial charge in [0.05, 0.1) is 11.9 Å². The highest BCUT2D eigenvalue weighted by Gasteiger charge is 2.46. The minimum Gasteiger partial charge on any atom is -0.446 e. The molecule has 0 amide bonds. The van der Waals surface area contributed by atoms with Gasteiger partial charge in [0.15, 0.2) is 0 Å². The molecule has 1 N–H and O–H groups in total. The van der Waals surface area contributed by atoms with Crippen LogP contribution in [0.1, 0.15) is 43.2 Å². The van der Waals surface area contributed by atoms with Crippen molar-refractivity contribution >= 4 is 16.7 Å². The first kappa shape index (κ1) is 20.5. The number of nitrogens with zero attached hydrogens (tertiary/aromatic N) is 2. The van der Waals surface area contributed by atoms with Crippen LogP contribution in [-0.2, 0) is 6.42 Å². The number of benzene rings is 1. The second-order valence-electron chi connectivity index (χ2n) is 9.49. The van der Waals surface area contributed by atoms with E-state index in [4.69, 9.17) is 4.42 Å². The van der Waals surface area contributed by atoms with Gasteiger partial charge in [-0.2, -0.15) is 0 Å². The van der Waals surface area contributed by atoms with Crippen LogP contribution in [0.15, 0.2) is 65.4 Å². The normalized spacial score (nSPS) is 25.3. The molecule has 4 nitrogen and oxygen atoms in total. The number of aliphatic hydroxyl groups is 1. The van der Waals surface area contributed by atoms with E-state index in [9.17, 15) is 5.11 Å². The number of hydrogen-bond donors (Lipinski definition) is 1. The van der Waals surface area contributed by atoms with Gasteiger partial charge in [0.1, 0.15) is 0 Å². The van der Waals surface area contributed by atoms with E-state index in [-0.39, 0.29) is 5.92 Å². The summed E-state index contributed by atoms with van der Waals surface area (Å²) in [6.07, 6.45) is 12.2. The van der Waals surface area contributed by atoms with Gasteiger partial charge in [0.25, 0.3) is 0 Å². The summed E-state index contributed by atoms with van der Waals surface area (Å²) in [5, 5.41) is 12.5. The summed E-state index contributed by atoms with van der Waals surface area (Å²) < 4.78 is 5.32. The van der Waals surface area contributed by atoms with Gasteiger partial charge in [-0.05, 0) is 86.9 Å². The van der Waals surface area contributed by atoms with E-state index in [1.165, 1.54) is 23.1 Å². The monoisotopic (exact) mass is 416 g/mol. The van der Waals surface area contributed by atoms with Gasteiger partial charge >= 0.3 is 0 Å². The van der Waals surface area contributed by atoms with E-state index in [1.54, 1.807) is 6.26 Å². The Morgan fingerprint density at radius 3 is 2.84 bits per heavy atom. The minimum absolute atomic E-state index is 0.286. The smallest absolute Gasteiger partial charge is 0.225 e. The molecule has 162 valence electrons. The van der Waals surface area contributed by atoms with E-state index in [1.807, 2.05) is 12.3 Å². The van der Waals surface area contributed by atoms with Crippen molar-refractivity contribution in [3.63, 3.8) is 0 Å². The summed E-state index contributed by atoms with van der Waals surface area (Å²) in [4.78, 5) is 6.74. The van der Waals surface area contributed by atoms with Crippen LogP contribution in [0.25, 0.3) is 16.7 Å². The fourth-order valence-corrected chi connectivity index (χ4v) is 5.53. The lowest BCUT2D eigenvalue weighted by Crippen LogP contribution is -2.48. The molecule has 3 aliphatic rings. The van der Waals surface area contributed by atoms with E-state index < -0.39 is 5.60 Å². The summed E-state index contributed by atoms with van der Waals surface area (Å²) in [6.45, 7) is 1.96. The third-order valence-corrected chi connectivity index (χ3v) is 7.34. The van der Waals surface area contributed by atoms with E-state index in [0.717, 1.165) is 50.6 Å². The molecule has 2 aromatic heterocycles. The van der Waals surface area contributed by atoms with Crippen molar-refractivity contribution < 1.29 is 9.52 Å². The summed E-state index contributed by atoms with van der Waals surface area (Å²) in [5.74, 6) is 0.780. The number of aryl methyl sites for hydroxylation is 1. The molecule has 3 aromatic rings. The molecule has 1 fully saturated rings. The van der Waals surface area contributed by atoms with Crippen molar-refractivity contribution in [1.29, 1.82) is 0 Å². The maximum atomic E-state index is 11.5. The molecule has 6 rings (SSSR count). The molecule has 0 saturated heterocycles. The van der Waals surface area contributed by atoms with E-state index in [0.29, 0.717) is 11.6 Å². The molecule has 3 unspecified atom stereocenters. The molecule has 1 saturated carbocycles. The van der Waals surface area contributed by atoms with Crippen molar-refractivity contribution in [2.24, 2.45) is 11.8 Å². The molecule has 0 radical (unpaired) electrons. The van der Waals surface area contributed by atoms with Crippen LogP contribution in [0.2, 0.25) is 0 Å². The fraction of sp³-hybridized carbons (Fsp3) is 0.444.